The molecule has 0 saturated carbocycles. The number of nitrogens with zero attached hydrogens (tertiary/aromatic N) is 4. The first-order valence-electron chi connectivity index (χ1n) is 11.5. The number of aryl methyl sites for hydroxylation is 1. The van der Waals surface area contributed by atoms with Gasteiger partial charge >= 0.3 is 5.95 Å². The Morgan fingerprint density at radius 2 is 1.87 bits per heavy atom. The molecule has 0 aliphatic heterocycles. The normalized spacial score (nSPS) is 10.9. The highest BCUT2D eigenvalue weighted by Crippen LogP contribution is 2.21. The average molecular weight is 512 g/mol. The van der Waals surface area contributed by atoms with Crippen LogP contribution in [0.3, 0.4) is 0 Å². The molecule has 11 heteroatoms. The standard InChI is InChI=1S/C26H20FN7O.CH2O2/c1-33-21-8-3-2-7-20(21)30-26(33)32-24(35)16-11-9-15(10-12-16)13-17-14-34-23(29-17)18-5-4-6-19(27)22(18)31-25(34)28;2-1-3/h2-12,14H,13H2,1H3,(H3,28,29,30,31,32,35);1H,(H,2,3). The zero-order chi connectivity index (χ0) is 26.8. The van der Waals surface area contributed by atoms with Gasteiger partial charge < -0.3 is 20.2 Å². The number of imidazole rings is 2. The van der Waals surface area contributed by atoms with E-state index in [9.17, 15) is 9.18 Å². The molecular weight excluding hydrogens is 489 g/mol. The summed E-state index contributed by atoms with van der Waals surface area (Å²) in [5.74, 6) is 0.0446. The fraction of sp³-hybridized carbons (Fsp3) is 0.0741. The molecule has 6 aromatic rings. The molecule has 0 fully saturated rings. The summed E-state index contributed by atoms with van der Waals surface area (Å²) < 4.78 is 17.8. The van der Waals surface area contributed by atoms with Crippen LogP contribution in [-0.4, -0.2) is 31.9 Å². The number of halogens is 1. The van der Waals surface area contributed by atoms with Gasteiger partial charge in [-0.25, -0.2) is 9.37 Å². The number of fused-ring (bicyclic) bond motifs is 4. The first kappa shape index (κ1) is 24.4. The Morgan fingerprint density at radius 3 is 2.61 bits per heavy atom. The number of benzene rings is 3. The predicted octanol–water partition coefficient (Wildman–Crippen LogP) is 2.12. The van der Waals surface area contributed by atoms with Crippen molar-refractivity contribution in [2.75, 3.05) is 11.1 Å². The molecule has 3 aromatic heterocycles. The summed E-state index contributed by atoms with van der Waals surface area (Å²) in [7, 11) is 1.87. The zero-order valence-corrected chi connectivity index (χ0v) is 20.2. The summed E-state index contributed by atoms with van der Waals surface area (Å²) in [4.78, 5) is 33.1. The van der Waals surface area contributed by atoms with Gasteiger partial charge in [0.05, 0.1) is 28.3 Å². The molecule has 10 nitrogen and oxygen atoms in total. The second-order valence-corrected chi connectivity index (χ2v) is 8.51. The quantitative estimate of drug-likeness (QED) is 0.244. The minimum atomic E-state index is -0.500. The largest absolute Gasteiger partial charge is 0.554 e. The molecule has 3 heterocycles. The maximum atomic E-state index is 14.2. The van der Waals surface area contributed by atoms with Crippen molar-refractivity contribution in [3.63, 3.8) is 0 Å². The number of para-hydroxylation sites is 3. The molecule has 0 bridgehead atoms. The maximum Gasteiger partial charge on any atom is 0.350 e. The Bertz CT molecular complexity index is 1810. The van der Waals surface area contributed by atoms with Crippen molar-refractivity contribution in [3.05, 3.63) is 95.6 Å². The fourth-order valence-corrected chi connectivity index (χ4v) is 4.35. The van der Waals surface area contributed by atoms with Crippen LogP contribution >= 0.6 is 0 Å². The Morgan fingerprint density at radius 1 is 1.13 bits per heavy atom. The lowest BCUT2D eigenvalue weighted by Crippen LogP contribution is -2.26. The SMILES string of the molecule is Cn1c(NC(=O)c2ccc(Cc3c[n+]4c(N)nc5c(F)cccc5c4[nH]3)cc2)nc2ccccc21.O=C[O-]. The van der Waals surface area contributed by atoms with Gasteiger partial charge in [-0.05, 0) is 42.0 Å². The van der Waals surface area contributed by atoms with Crippen molar-refractivity contribution in [1.29, 1.82) is 0 Å². The van der Waals surface area contributed by atoms with Gasteiger partial charge in [0.15, 0.2) is 11.3 Å². The van der Waals surface area contributed by atoms with Crippen LogP contribution in [-0.2, 0) is 18.3 Å². The van der Waals surface area contributed by atoms with Crippen LogP contribution in [0.5, 0.6) is 0 Å². The van der Waals surface area contributed by atoms with Crippen molar-refractivity contribution >= 4 is 51.9 Å². The fourth-order valence-electron chi connectivity index (χ4n) is 4.35. The number of anilines is 2. The summed E-state index contributed by atoms with van der Waals surface area (Å²) in [6, 6.07) is 19.9. The van der Waals surface area contributed by atoms with E-state index in [4.69, 9.17) is 15.6 Å². The van der Waals surface area contributed by atoms with Gasteiger partial charge in [-0.15, -0.1) is 4.98 Å². The van der Waals surface area contributed by atoms with Gasteiger partial charge in [0, 0.05) is 25.5 Å². The second-order valence-electron chi connectivity index (χ2n) is 8.51. The van der Waals surface area contributed by atoms with E-state index in [1.165, 1.54) is 6.07 Å². The van der Waals surface area contributed by atoms with Gasteiger partial charge in [0.2, 0.25) is 11.6 Å². The van der Waals surface area contributed by atoms with E-state index in [1.807, 2.05) is 54.2 Å². The van der Waals surface area contributed by atoms with E-state index in [-0.39, 0.29) is 17.4 Å². The Hall–Kier alpha value is -5.32. The van der Waals surface area contributed by atoms with E-state index in [0.717, 1.165) is 22.3 Å². The molecule has 3 aromatic carbocycles. The van der Waals surface area contributed by atoms with Crippen LogP contribution in [0, 0.1) is 5.82 Å². The Labute approximate surface area is 215 Å². The highest BCUT2D eigenvalue weighted by atomic mass is 19.1. The number of amides is 1. The van der Waals surface area contributed by atoms with E-state index in [1.54, 1.807) is 28.7 Å². The van der Waals surface area contributed by atoms with Crippen LogP contribution in [0.2, 0.25) is 0 Å². The zero-order valence-electron chi connectivity index (χ0n) is 20.2. The molecule has 1 amide bonds. The molecule has 6 rings (SSSR count). The molecule has 0 spiro atoms. The molecule has 38 heavy (non-hydrogen) atoms. The number of hydrogen-bond donors (Lipinski definition) is 3. The monoisotopic (exact) mass is 511 g/mol. The lowest BCUT2D eigenvalue weighted by molar-refractivity contribution is -0.495. The van der Waals surface area contributed by atoms with Gasteiger partial charge in [-0.3, -0.25) is 15.1 Å². The lowest BCUT2D eigenvalue weighted by atomic mass is 10.1. The van der Waals surface area contributed by atoms with E-state index < -0.39 is 12.3 Å². The highest BCUT2D eigenvalue weighted by molar-refractivity contribution is 6.04. The summed E-state index contributed by atoms with van der Waals surface area (Å²) in [6.45, 7) is -0.500. The van der Waals surface area contributed by atoms with Crippen LogP contribution in [0.15, 0.2) is 72.9 Å². The molecule has 0 radical (unpaired) electrons. The Balaban J connectivity index is 0.000000937. The first-order chi connectivity index (χ1) is 18.4. The van der Waals surface area contributed by atoms with E-state index >= 15 is 0 Å². The molecule has 4 N–H and O–H groups in total. The van der Waals surface area contributed by atoms with Gasteiger partial charge in [-0.1, -0.05) is 30.3 Å². The summed E-state index contributed by atoms with van der Waals surface area (Å²) in [6.07, 6.45) is 2.43. The van der Waals surface area contributed by atoms with Crippen LogP contribution < -0.4 is 20.6 Å². The number of aromatic amines is 1. The topological polar surface area (TPSA) is 146 Å². The van der Waals surface area contributed by atoms with Crippen molar-refractivity contribution in [2.45, 2.75) is 6.42 Å². The number of carboxylic acid groups (broad SMARTS) is 1. The number of carbonyl (C=O) groups is 2. The summed E-state index contributed by atoms with van der Waals surface area (Å²) in [5, 5.41) is 11.8. The lowest BCUT2D eigenvalue weighted by Gasteiger charge is -2.06. The summed E-state index contributed by atoms with van der Waals surface area (Å²) in [5.41, 5.74) is 11.2. The van der Waals surface area contributed by atoms with Crippen molar-refractivity contribution in [2.24, 2.45) is 7.05 Å². The van der Waals surface area contributed by atoms with E-state index in [0.29, 0.717) is 29.0 Å². The first-order valence-corrected chi connectivity index (χ1v) is 11.5. The van der Waals surface area contributed by atoms with Gasteiger partial charge in [-0.2, -0.15) is 4.40 Å². The molecule has 0 saturated heterocycles. The number of carbonyl (C=O) groups excluding carboxylic acids is 2. The molecule has 0 atom stereocenters. The van der Waals surface area contributed by atoms with Crippen molar-refractivity contribution < 1.29 is 23.5 Å². The minimum Gasteiger partial charge on any atom is -0.554 e. The molecule has 190 valence electrons. The number of rotatable bonds is 4. The van der Waals surface area contributed by atoms with Crippen LogP contribution in [0.25, 0.3) is 27.6 Å². The van der Waals surface area contributed by atoms with Crippen LogP contribution in [0.1, 0.15) is 21.6 Å². The molecule has 0 aliphatic rings. The Kier molecular flexibility index (Phi) is 6.40. The maximum absolute atomic E-state index is 14.2. The number of aromatic nitrogens is 5. The number of nitrogens with one attached hydrogen (secondary N) is 2. The average Bonchev–Trinajstić information content (AvgIpc) is 3.47. The van der Waals surface area contributed by atoms with Gasteiger partial charge in [0.1, 0.15) is 0 Å². The second kappa shape index (κ2) is 9.97. The highest BCUT2D eigenvalue weighted by Gasteiger charge is 2.18. The van der Waals surface area contributed by atoms with Crippen LogP contribution in [0.4, 0.5) is 16.3 Å². The van der Waals surface area contributed by atoms with Crippen molar-refractivity contribution in [3.8, 4) is 0 Å². The third-order valence-electron chi connectivity index (χ3n) is 6.14. The minimum absolute atomic E-state index is 0.203. The summed E-state index contributed by atoms with van der Waals surface area (Å²) >= 11 is 0. The number of nitrogens with two attached hydrogens (primary N) is 1. The molecule has 0 aliphatic carbocycles. The number of nitrogen functional groups attached to an aromatic ring is 1. The third kappa shape index (κ3) is 4.48. The number of hydrogen-bond acceptors (Lipinski definition) is 6. The van der Waals surface area contributed by atoms with E-state index in [2.05, 4.69) is 20.3 Å². The molecular formula is C27H22FN7O3. The molecule has 0 unspecified atom stereocenters. The number of H-pyrrole nitrogens is 1. The smallest absolute Gasteiger partial charge is 0.350 e. The van der Waals surface area contributed by atoms with Gasteiger partial charge in [0.25, 0.3) is 5.91 Å². The predicted molar refractivity (Wildman–Crippen MR) is 138 cm³/mol. The third-order valence-corrected chi connectivity index (χ3v) is 6.14. The van der Waals surface area contributed by atoms with Crippen molar-refractivity contribution in [1.82, 2.24) is 19.5 Å².